The molecule has 2 atom stereocenters. The van der Waals surface area contributed by atoms with E-state index in [-0.39, 0.29) is 30.4 Å². The maximum Gasteiger partial charge on any atom is 0.408 e. The van der Waals surface area contributed by atoms with Crippen LogP contribution in [-0.4, -0.2) is 22.0 Å². The first kappa shape index (κ1) is 31.3. The number of hydrogen-bond donors (Lipinski definition) is 2. The molecule has 2 amide bonds. The molecule has 2 aromatic heterocycles. The van der Waals surface area contributed by atoms with E-state index in [1.807, 2.05) is 107 Å². The number of benzene rings is 3. The summed E-state index contributed by atoms with van der Waals surface area (Å²) in [6.07, 6.45) is 2.84. The average molecular weight is 607 g/mol. The molecule has 0 bridgehead atoms. The average Bonchev–Trinajstić information content (AvgIpc) is 3.73. The van der Waals surface area contributed by atoms with Crippen LogP contribution in [0.5, 0.6) is 0 Å². The lowest BCUT2D eigenvalue weighted by atomic mass is 10.0. The van der Waals surface area contributed by atoms with Crippen molar-refractivity contribution in [3.8, 4) is 33.8 Å². The molecule has 0 radical (unpaired) electrons. The predicted octanol–water partition coefficient (Wildman–Crippen LogP) is 8.12. The second-order valence-electron chi connectivity index (χ2n) is 11.6. The summed E-state index contributed by atoms with van der Waals surface area (Å²) in [5, 5.41) is 5.80. The quantitative estimate of drug-likeness (QED) is 0.156. The van der Waals surface area contributed by atoms with Crippen LogP contribution in [-0.2, 0) is 16.1 Å². The van der Waals surface area contributed by atoms with Crippen molar-refractivity contribution in [1.29, 1.82) is 0 Å². The van der Waals surface area contributed by atoms with E-state index in [0.717, 1.165) is 27.8 Å². The number of hydrogen-bond acceptors (Lipinski definition) is 7. The maximum atomic E-state index is 12.5. The van der Waals surface area contributed by atoms with E-state index in [4.69, 9.17) is 13.6 Å². The molecule has 0 spiro atoms. The van der Waals surface area contributed by atoms with Crippen molar-refractivity contribution in [2.75, 3.05) is 0 Å². The third-order valence-electron chi connectivity index (χ3n) is 7.43. The fourth-order valence-corrected chi connectivity index (χ4v) is 4.92. The van der Waals surface area contributed by atoms with Gasteiger partial charge in [0.2, 0.25) is 17.7 Å². The first-order chi connectivity index (χ1) is 21.7. The molecule has 0 aliphatic heterocycles. The van der Waals surface area contributed by atoms with E-state index in [2.05, 4.69) is 20.6 Å². The zero-order chi connectivity index (χ0) is 31.9. The molecule has 0 fully saturated rings. The van der Waals surface area contributed by atoms with E-state index in [9.17, 15) is 9.59 Å². The smallest absolute Gasteiger partial charge is 0.408 e. The largest absolute Gasteiger partial charge is 0.445 e. The topological polar surface area (TPSA) is 119 Å². The zero-order valence-corrected chi connectivity index (χ0v) is 26.1. The minimum absolute atomic E-state index is 0.0310. The van der Waals surface area contributed by atoms with Crippen LogP contribution in [0.1, 0.15) is 64.0 Å². The van der Waals surface area contributed by atoms with Crippen molar-refractivity contribution < 1.29 is 23.2 Å². The Kier molecular flexibility index (Phi) is 9.77. The molecule has 9 nitrogen and oxygen atoms in total. The van der Waals surface area contributed by atoms with Crippen LogP contribution >= 0.6 is 0 Å². The maximum absolute atomic E-state index is 12.5. The van der Waals surface area contributed by atoms with E-state index >= 15 is 0 Å². The molecular formula is C36H38N4O5. The van der Waals surface area contributed by atoms with Crippen LogP contribution in [0, 0.1) is 11.8 Å². The van der Waals surface area contributed by atoms with Gasteiger partial charge in [-0.25, -0.2) is 14.8 Å². The predicted molar refractivity (Wildman–Crippen MR) is 172 cm³/mol. The molecule has 9 heteroatoms. The Hall–Kier alpha value is -5.18. The van der Waals surface area contributed by atoms with Crippen molar-refractivity contribution in [3.63, 3.8) is 0 Å². The van der Waals surface area contributed by atoms with Gasteiger partial charge in [-0.05, 0) is 28.5 Å². The molecule has 5 aromatic rings. The summed E-state index contributed by atoms with van der Waals surface area (Å²) < 4.78 is 17.5. The first-order valence-electron chi connectivity index (χ1n) is 15.0. The van der Waals surface area contributed by atoms with Gasteiger partial charge >= 0.3 is 6.09 Å². The number of alkyl carbamates (subject to hydrolysis) is 1. The van der Waals surface area contributed by atoms with E-state index < -0.39 is 12.1 Å². The summed E-state index contributed by atoms with van der Waals surface area (Å²) in [6, 6.07) is 24.9. The molecule has 45 heavy (non-hydrogen) atoms. The summed E-state index contributed by atoms with van der Waals surface area (Å²) in [4.78, 5) is 33.0. The van der Waals surface area contributed by atoms with Gasteiger partial charge in [-0.15, -0.1) is 0 Å². The highest BCUT2D eigenvalue weighted by molar-refractivity contribution is 5.73. The Morgan fingerprint density at radius 2 is 1.11 bits per heavy atom. The lowest BCUT2D eigenvalue weighted by Gasteiger charge is -2.19. The minimum Gasteiger partial charge on any atom is -0.445 e. The number of carbonyl (C=O) groups excluding carboxylic acids is 2. The molecule has 0 unspecified atom stereocenters. The Morgan fingerprint density at radius 1 is 0.667 bits per heavy atom. The highest BCUT2D eigenvalue weighted by atomic mass is 16.5. The van der Waals surface area contributed by atoms with Gasteiger partial charge in [-0.2, -0.15) is 0 Å². The minimum atomic E-state index is -0.527. The number of ether oxygens (including phenoxy) is 1. The second-order valence-corrected chi connectivity index (χ2v) is 11.6. The third kappa shape index (κ3) is 7.86. The van der Waals surface area contributed by atoms with Gasteiger partial charge in [0.15, 0.2) is 11.5 Å². The van der Waals surface area contributed by atoms with Crippen LogP contribution in [0.25, 0.3) is 33.8 Å². The number of amides is 2. The molecule has 0 aliphatic rings. The van der Waals surface area contributed by atoms with E-state index in [0.29, 0.717) is 23.3 Å². The fraction of sp³-hybridized carbons (Fsp3) is 0.278. The van der Waals surface area contributed by atoms with Crippen molar-refractivity contribution in [3.05, 3.63) is 109 Å². The Morgan fingerprint density at radius 3 is 1.56 bits per heavy atom. The highest BCUT2D eigenvalue weighted by Gasteiger charge is 2.25. The van der Waals surface area contributed by atoms with Gasteiger partial charge in [-0.3, -0.25) is 4.79 Å². The number of oxazole rings is 2. The molecule has 2 N–H and O–H groups in total. The normalized spacial score (nSPS) is 12.6. The summed E-state index contributed by atoms with van der Waals surface area (Å²) in [5.74, 6) is 2.20. The van der Waals surface area contributed by atoms with Gasteiger partial charge in [-0.1, -0.05) is 107 Å². The van der Waals surface area contributed by atoms with Crippen LogP contribution in [0.3, 0.4) is 0 Å². The Bertz CT molecular complexity index is 1710. The van der Waals surface area contributed by atoms with Crippen molar-refractivity contribution in [2.24, 2.45) is 11.8 Å². The third-order valence-corrected chi connectivity index (χ3v) is 7.43. The highest BCUT2D eigenvalue weighted by Crippen LogP contribution is 2.31. The van der Waals surface area contributed by atoms with Gasteiger partial charge in [0.25, 0.3) is 0 Å². The monoisotopic (exact) mass is 606 g/mol. The van der Waals surface area contributed by atoms with Crippen molar-refractivity contribution >= 4 is 12.0 Å². The molecular weight excluding hydrogens is 568 g/mol. The lowest BCUT2D eigenvalue weighted by Crippen LogP contribution is -2.32. The molecule has 2 heterocycles. The van der Waals surface area contributed by atoms with Crippen LogP contribution in [0.15, 0.2) is 100 Å². The van der Waals surface area contributed by atoms with Crippen LogP contribution < -0.4 is 10.6 Å². The number of carbonyl (C=O) groups is 2. The second kappa shape index (κ2) is 14.1. The SMILES string of the molecule is CC(=O)N[C@H](c1ncc(-c2ccc(-c3ccc(-c4cnc([C@@H](NC(=O)OCc5ccccc5)C(C)C)o4)cc3)cc2)o1)C(C)C. The summed E-state index contributed by atoms with van der Waals surface area (Å²) >= 11 is 0. The number of rotatable bonds is 11. The number of nitrogens with one attached hydrogen (secondary N) is 2. The van der Waals surface area contributed by atoms with Crippen LogP contribution in [0.4, 0.5) is 4.79 Å². The first-order valence-corrected chi connectivity index (χ1v) is 15.0. The van der Waals surface area contributed by atoms with Gasteiger partial charge in [0.05, 0.1) is 12.4 Å². The number of nitrogens with zero attached hydrogens (tertiary/aromatic N) is 2. The summed E-state index contributed by atoms with van der Waals surface area (Å²) in [6.45, 7) is 9.67. The molecule has 0 aliphatic carbocycles. The van der Waals surface area contributed by atoms with Crippen molar-refractivity contribution in [2.45, 2.75) is 53.3 Å². The molecule has 5 rings (SSSR count). The van der Waals surface area contributed by atoms with E-state index in [1.54, 1.807) is 12.4 Å². The van der Waals surface area contributed by atoms with Gasteiger partial charge in [0.1, 0.15) is 18.7 Å². The van der Waals surface area contributed by atoms with Crippen molar-refractivity contribution in [1.82, 2.24) is 20.6 Å². The van der Waals surface area contributed by atoms with Gasteiger partial charge < -0.3 is 24.2 Å². The summed E-state index contributed by atoms with van der Waals surface area (Å²) in [5.41, 5.74) is 4.76. The fourth-order valence-electron chi connectivity index (χ4n) is 4.92. The molecule has 0 saturated carbocycles. The lowest BCUT2D eigenvalue weighted by molar-refractivity contribution is -0.120. The zero-order valence-electron chi connectivity index (χ0n) is 26.1. The van der Waals surface area contributed by atoms with Gasteiger partial charge in [0, 0.05) is 18.1 Å². The molecule has 3 aromatic carbocycles. The Balaban J connectivity index is 1.23. The summed E-state index contributed by atoms with van der Waals surface area (Å²) in [7, 11) is 0. The molecule has 0 saturated heterocycles. The molecule has 232 valence electrons. The standard InChI is InChI=1S/C36H38N4O5/c1-22(2)32(39-24(5)41)34-37-19-30(44-34)28-15-11-26(12-16-28)27-13-17-29(18-14-27)31-20-38-35(45-31)33(23(3)4)40-36(42)43-21-25-9-7-6-8-10-25/h6-20,22-23,32-33H,21H2,1-5H3,(H,39,41)(H,40,42)/t32-,33-/m0/s1. The van der Waals surface area contributed by atoms with Crippen LogP contribution in [0.2, 0.25) is 0 Å². The van der Waals surface area contributed by atoms with E-state index in [1.165, 1.54) is 6.92 Å². The Labute approximate surface area is 263 Å². The number of aromatic nitrogens is 2.